The summed E-state index contributed by atoms with van der Waals surface area (Å²) in [6, 6.07) is 7.03. The number of aryl methyl sites for hydroxylation is 2. The maximum atomic E-state index is 12.8. The molecule has 2 aromatic rings. The Morgan fingerprint density at radius 2 is 1.89 bits per heavy atom. The number of nitrogens with zero attached hydrogens (tertiary/aromatic N) is 3. The molecule has 0 unspecified atom stereocenters. The molecule has 1 aliphatic rings. The van der Waals surface area contributed by atoms with Crippen molar-refractivity contribution >= 4 is 21.7 Å². The molecule has 3 rings (SSSR count). The molecule has 1 heterocycles. The van der Waals surface area contributed by atoms with Gasteiger partial charge >= 0.3 is 0 Å². The zero-order valence-electron chi connectivity index (χ0n) is 16.7. The largest absolute Gasteiger partial charge is 0.310 e. The molecule has 28 heavy (non-hydrogen) atoms. The predicted molar refractivity (Wildman–Crippen MR) is 109 cm³/mol. The van der Waals surface area contributed by atoms with Gasteiger partial charge in [-0.05, 0) is 49.9 Å². The fourth-order valence-corrected chi connectivity index (χ4v) is 4.77. The zero-order chi connectivity index (χ0) is 20.3. The maximum Gasteiger partial charge on any atom is 0.243 e. The van der Waals surface area contributed by atoms with Gasteiger partial charge in [0, 0.05) is 13.1 Å². The lowest BCUT2D eigenvalue weighted by Crippen LogP contribution is -2.35. The van der Waals surface area contributed by atoms with E-state index in [4.69, 9.17) is 0 Å². The smallest absolute Gasteiger partial charge is 0.243 e. The quantitative estimate of drug-likeness (QED) is 0.801. The number of hydrogen-bond donors (Lipinski definition) is 1. The van der Waals surface area contributed by atoms with Crippen molar-refractivity contribution in [3.8, 4) is 0 Å². The number of carbonyl (C=O) groups is 1. The Bertz CT molecular complexity index is 946. The summed E-state index contributed by atoms with van der Waals surface area (Å²) >= 11 is 0. The van der Waals surface area contributed by atoms with E-state index in [9.17, 15) is 13.2 Å². The van der Waals surface area contributed by atoms with Crippen LogP contribution in [0.25, 0.3) is 0 Å². The molecule has 8 heteroatoms. The summed E-state index contributed by atoms with van der Waals surface area (Å²) in [6.45, 7) is 3.54. The molecule has 0 bridgehead atoms. The van der Waals surface area contributed by atoms with Gasteiger partial charge in [0.15, 0.2) is 0 Å². The standard InChI is InChI=1S/C20H28N4O3S/c1-15-9-10-18(13-16(15)2)28(26,27)23(3)14-20(25)22-19-11-12-21-24(19)17-7-5-4-6-8-17/h9-13,17H,4-8,14H2,1-3H3,(H,22,25). The summed E-state index contributed by atoms with van der Waals surface area (Å²) in [4.78, 5) is 12.7. The van der Waals surface area contributed by atoms with Crippen molar-refractivity contribution in [2.75, 3.05) is 18.9 Å². The summed E-state index contributed by atoms with van der Waals surface area (Å²) in [5.74, 6) is 0.237. The summed E-state index contributed by atoms with van der Waals surface area (Å²) in [5, 5.41) is 7.17. The Labute approximate surface area is 166 Å². The number of rotatable bonds is 6. The van der Waals surface area contributed by atoms with Gasteiger partial charge in [-0.1, -0.05) is 25.3 Å². The van der Waals surface area contributed by atoms with Gasteiger partial charge in [-0.25, -0.2) is 13.1 Å². The van der Waals surface area contributed by atoms with Crippen LogP contribution in [0.4, 0.5) is 5.82 Å². The highest BCUT2D eigenvalue weighted by Gasteiger charge is 2.24. The second-order valence-corrected chi connectivity index (χ2v) is 9.55. The number of nitrogens with one attached hydrogen (secondary N) is 1. The van der Waals surface area contributed by atoms with Gasteiger partial charge in [-0.3, -0.25) is 4.79 Å². The van der Waals surface area contributed by atoms with Crippen LogP contribution in [0, 0.1) is 13.8 Å². The second kappa shape index (κ2) is 8.45. The molecule has 1 fully saturated rings. The van der Waals surface area contributed by atoms with Gasteiger partial charge in [0.25, 0.3) is 0 Å². The fraction of sp³-hybridized carbons (Fsp3) is 0.500. The minimum atomic E-state index is -3.73. The number of benzene rings is 1. The number of sulfonamides is 1. The van der Waals surface area contributed by atoms with E-state index >= 15 is 0 Å². The molecule has 0 aliphatic heterocycles. The van der Waals surface area contributed by atoms with E-state index in [2.05, 4.69) is 10.4 Å². The highest BCUT2D eigenvalue weighted by molar-refractivity contribution is 7.89. The highest BCUT2D eigenvalue weighted by atomic mass is 32.2. The summed E-state index contributed by atoms with van der Waals surface area (Å²) in [5.41, 5.74) is 1.92. The minimum Gasteiger partial charge on any atom is -0.310 e. The number of aromatic nitrogens is 2. The zero-order valence-corrected chi connectivity index (χ0v) is 17.5. The van der Waals surface area contributed by atoms with Crippen molar-refractivity contribution in [1.82, 2.24) is 14.1 Å². The van der Waals surface area contributed by atoms with Crippen LogP contribution >= 0.6 is 0 Å². The number of carbonyl (C=O) groups excluding carboxylic acids is 1. The van der Waals surface area contributed by atoms with Crippen molar-refractivity contribution in [2.45, 2.75) is 56.9 Å². The highest BCUT2D eigenvalue weighted by Crippen LogP contribution is 2.29. The lowest BCUT2D eigenvalue weighted by Gasteiger charge is -2.24. The molecule has 0 atom stereocenters. The topological polar surface area (TPSA) is 84.3 Å². The summed E-state index contributed by atoms with van der Waals surface area (Å²) < 4.78 is 28.5. The molecule has 1 N–H and O–H groups in total. The third-order valence-corrected chi connectivity index (χ3v) is 7.21. The molecule has 1 aliphatic carbocycles. The maximum absolute atomic E-state index is 12.8. The molecule has 7 nitrogen and oxygen atoms in total. The first-order valence-corrected chi connectivity index (χ1v) is 11.1. The van der Waals surface area contributed by atoms with Crippen LogP contribution < -0.4 is 5.32 Å². The predicted octanol–water partition coefficient (Wildman–Crippen LogP) is 3.26. The van der Waals surface area contributed by atoms with E-state index in [0.29, 0.717) is 5.82 Å². The van der Waals surface area contributed by atoms with Crippen LogP contribution in [0.2, 0.25) is 0 Å². The van der Waals surface area contributed by atoms with Crippen molar-refractivity contribution < 1.29 is 13.2 Å². The van der Waals surface area contributed by atoms with Crippen LogP contribution in [0.3, 0.4) is 0 Å². The molecular weight excluding hydrogens is 376 g/mol. The normalized spacial score (nSPS) is 15.7. The molecule has 1 amide bonds. The van der Waals surface area contributed by atoms with Crippen molar-refractivity contribution in [3.63, 3.8) is 0 Å². The van der Waals surface area contributed by atoms with Crippen molar-refractivity contribution in [2.24, 2.45) is 0 Å². The Hall–Kier alpha value is -2.19. The van der Waals surface area contributed by atoms with Gasteiger partial charge in [0.1, 0.15) is 5.82 Å². The number of amides is 1. The fourth-order valence-electron chi connectivity index (χ4n) is 3.55. The first-order chi connectivity index (χ1) is 13.3. The van der Waals surface area contributed by atoms with E-state index in [-0.39, 0.29) is 23.4 Å². The SMILES string of the molecule is Cc1ccc(S(=O)(=O)N(C)CC(=O)Nc2ccnn2C2CCCCC2)cc1C. The third-order valence-electron chi connectivity index (χ3n) is 5.41. The van der Waals surface area contributed by atoms with Crippen molar-refractivity contribution in [3.05, 3.63) is 41.6 Å². The number of anilines is 1. The molecular formula is C20H28N4O3S. The average Bonchev–Trinajstić information content (AvgIpc) is 3.12. The first-order valence-electron chi connectivity index (χ1n) is 9.66. The van der Waals surface area contributed by atoms with Gasteiger partial charge in [0.05, 0.1) is 23.7 Å². The lowest BCUT2D eigenvalue weighted by molar-refractivity contribution is -0.116. The van der Waals surface area contributed by atoms with E-state index in [0.717, 1.165) is 41.1 Å². The molecule has 1 saturated carbocycles. The molecule has 0 saturated heterocycles. The van der Waals surface area contributed by atoms with E-state index in [1.165, 1.54) is 13.5 Å². The van der Waals surface area contributed by atoms with Crippen LogP contribution in [0.1, 0.15) is 49.3 Å². The van der Waals surface area contributed by atoms with Crippen LogP contribution in [-0.2, 0) is 14.8 Å². The Morgan fingerprint density at radius 1 is 1.18 bits per heavy atom. The van der Waals surface area contributed by atoms with E-state index in [1.807, 2.05) is 18.5 Å². The Kier molecular flexibility index (Phi) is 6.20. The van der Waals surface area contributed by atoms with Crippen LogP contribution in [0.5, 0.6) is 0 Å². The van der Waals surface area contributed by atoms with Gasteiger partial charge in [-0.15, -0.1) is 0 Å². The Balaban J connectivity index is 1.68. The summed E-state index contributed by atoms with van der Waals surface area (Å²) in [7, 11) is -2.31. The van der Waals surface area contributed by atoms with Crippen LogP contribution in [0.15, 0.2) is 35.4 Å². The lowest BCUT2D eigenvalue weighted by atomic mass is 9.96. The first kappa shape index (κ1) is 20.5. The minimum absolute atomic E-state index is 0.193. The van der Waals surface area contributed by atoms with Gasteiger partial charge < -0.3 is 5.32 Å². The van der Waals surface area contributed by atoms with E-state index < -0.39 is 10.0 Å². The molecule has 1 aromatic carbocycles. The molecule has 152 valence electrons. The number of hydrogen-bond acceptors (Lipinski definition) is 4. The van der Waals surface area contributed by atoms with Gasteiger partial charge in [0.2, 0.25) is 15.9 Å². The second-order valence-electron chi connectivity index (χ2n) is 7.51. The molecule has 1 aromatic heterocycles. The van der Waals surface area contributed by atoms with Crippen LogP contribution in [-0.4, -0.2) is 42.0 Å². The average molecular weight is 405 g/mol. The van der Waals surface area contributed by atoms with E-state index in [1.54, 1.807) is 30.5 Å². The monoisotopic (exact) mass is 404 g/mol. The van der Waals surface area contributed by atoms with Gasteiger partial charge in [-0.2, -0.15) is 9.40 Å². The summed E-state index contributed by atoms with van der Waals surface area (Å²) in [6.07, 6.45) is 7.32. The number of likely N-dealkylation sites (N-methyl/N-ethyl adjacent to an activating group) is 1. The molecule has 0 spiro atoms. The van der Waals surface area contributed by atoms with Crippen molar-refractivity contribution in [1.29, 1.82) is 0 Å². The molecule has 0 radical (unpaired) electrons. The third kappa shape index (κ3) is 4.44. The Morgan fingerprint density at radius 3 is 2.57 bits per heavy atom.